The first-order valence-corrected chi connectivity index (χ1v) is 4.49. The molecule has 0 amide bonds. The number of rotatable bonds is 3. The Morgan fingerprint density at radius 1 is 1.12 bits per heavy atom. The maximum absolute atomic E-state index is 11.3. The summed E-state index contributed by atoms with van der Waals surface area (Å²) in [7, 11) is 2.42. The highest BCUT2D eigenvalue weighted by atomic mass is 16.5. The van der Waals surface area contributed by atoms with Gasteiger partial charge in [-0.2, -0.15) is 0 Å². The Morgan fingerprint density at radius 2 is 1.59 bits per heavy atom. The Kier molecular flexibility index (Phi) is 4.08. The zero-order valence-electron chi connectivity index (χ0n) is 9.21. The third kappa shape index (κ3) is 2.96. The zero-order chi connectivity index (χ0) is 12.8. The standard InChI is InChI=1S/C10H9N3O4/c1-16-9(14)6-3-7(10(15)17-2)5-8(4-6)12-13-11/h3-5H,1-2H3. The van der Waals surface area contributed by atoms with Crippen molar-refractivity contribution in [1.29, 1.82) is 0 Å². The van der Waals surface area contributed by atoms with Crippen LogP contribution in [-0.2, 0) is 9.47 Å². The van der Waals surface area contributed by atoms with Crippen molar-refractivity contribution in [3.8, 4) is 0 Å². The van der Waals surface area contributed by atoms with Gasteiger partial charge in [0.25, 0.3) is 0 Å². The van der Waals surface area contributed by atoms with Gasteiger partial charge in [0.05, 0.1) is 25.3 Å². The first-order chi connectivity index (χ1) is 8.12. The molecule has 7 nitrogen and oxygen atoms in total. The monoisotopic (exact) mass is 235 g/mol. The molecule has 0 unspecified atom stereocenters. The average molecular weight is 235 g/mol. The van der Waals surface area contributed by atoms with Gasteiger partial charge in [-0.05, 0) is 23.7 Å². The number of carbonyl (C=O) groups is 2. The maximum Gasteiger partial charge on any atom is 0.337 e. The zero-order valence-corrected chi connectivity index (χ0v) is 9.21. The fourth-order valence-electron chi connectivity index (χ4n) is 1.19. The lowest BCUT2D eigenvalue weighted by molar-refractivity contribution is 0.0599. The van der Waals surface area contributed by atoms with Crippen molar-refractivity contribution in [2.75, 3.05) is 14.2 Å². The predicted molar refractivity (Wildman–Crippen MR) is 57.9 cm³/mol. The van der Waals surface area contributed by atoms with E-state index in [1.807, 2.05) is 0 Å². The van der Waals surface area contributed by atoms with Gasteiger partial charge in [-0.3, -0.25) is 0 Å². The quantitative estimate of drug-likeness (QED) is 0.346. The summed E-state index contributed by atoms with van der Waals surface area (Å²) in [5.74, 6) is -1.27. The molecular weight excluding hydrogens is 226 g/mol. The van der Waals surface area contributed by atoms with Gasteiger partial charge in [0.2, 0.25) is 0 Å². The molecule has 0 heterocycles. The first kappa shape index (κ1) is 12.5. The smallest absolute Gasteiger partial charge is 0.337 e. The van der Waals surface area contributed by atoms with Crippen molar-refractivity contribution in [3.05, 3.63) is 39.8 Å². The number of nitrogens with zero attached hydrogens (tertiary/aromatic N) is 3. The van der Waals surface area contributed by atoms with Gasteiger partial charge in [-0.1, -0.05) is 5.11 Å². The predicted octanol–water partition coefficient (Wildman–Crippen LogP) is 2.20. The molecular formula is C10H9N3O4. The Balaban J connectivity index is 3.32. The molecule has 0 atom stereocenters. The minimum Gasteiger partial charge on any atom is -0.465 e. The van der Waals surface area contributed by atoms with Crippen molar-refractivity contribution < 1.29 is 19.1 Å². The molecule has 1 rings (SSSR count). The molecule has 0 N–H and O–H groups in total. The minimum atomic E-state index is -0.634. The van der Waals surface area contributed by atoms with Crippen LogP contribution in [0.4, 0.5) is 5.69 Å². The summed E-state index contributed by atoms with van der Waals surface area (Å²) in [5, 5.41) is 3.33. The summed E-state index contributed by atoms with van der Waals surface area (Å²) in [5.41, 5.74) is 8.67. The molecule has 0 saturated carbocycles. The van der Waals surface area contributed by atoms with Crippen molar-refractivity contribution in [3.63, 3.8) is 0 Å². The lowest BCUT2D eigenvalue weighted by atomic mass is 10.1. The number of esters is 2. The molecule has 7 heteroatoms. The summed E-state index contributed by atoms with van der Waals surface area (Å²) in [6, 6.07) is 3.93. The molecule has 0 aliphatic carbocycles. The molecule has 1 aromatic rings. The number of azide groups is 1. The molecule has 0 saturated heterocycles. The number of benzene rings is 1. The molecule has 0 spiro atoms. The molecule has 88 valence electrons. The van der Waals surface area contributed by atoms with Crippen LogP contribution in [0, 0.1) is 0 Å². The van der Waals surface area contributed by atoms with Crippen LogP contribution in [0.3, 0.4) is 0 Å². The Bertz CT molecular complexity index is 472. The van der Waals surface area contributed by atoms with Crippen LogP contribution in [0.1, 0.15) is 20.7 Å². The van der Waals surface area contributed by atoms with Crippen LogP contribution in [0.15, 0.2) is 23.3 Å². The van der Waals surface area contributed by atoms with E-state index in [-0.39, 0.29) is 16.8 Å². The summed E-state index contributed by atoms with van der Waals surface area (Å²) in [6.07, 6.45) is 0. The second-order valence-corrected chi connectivity index (χ2v) is 2.94. The number of methoxy groups -OCH3 is 2. The molecule has 17 heavy (non-hydrogen) atoms. The second kappa shape index (κ2) is 5.53. The molecule has 0 radical (unpaired) electrons. The fraction of sp³-hybridized carbons (Fsp3) is 0.200. The highest BCUT2D eigenvalue weighted by molar-refractivity contribution is 5.96. The molecule has 0 fully saturated rings. The number of carbonyl (C=O) groups excluding carboxylic acids is 2. The first-order valence-electron chi connectivity index (χ1n) is 4.49. The third-order valence-corrected chi connectivity index (χ3v) is 1.92. The fourth-order valence-corrected chi connectivity index (χ4v) is 1.19. The second-order valence-electron chi connectivity index (χ2n) is 2.94. The van der Waals surface area contributed by atoms with Gasteiger partial charge < -0.3 is 9.47 Å². The van der Waals surface area contributed by atoms with Crippen molar-refractivity contribution in [1.82, 2.24) is 0 Å². The van der Waals surface area contributed by atoms with E-state index in [0.717, 1.165) is 0 Å². The van der Waals surface area contributed by atoms with Crippen LogP contribution in [0.5, 0.6) is 0 Å². The van der Waals surface area contributed by atoms with Gasteiger partial charge >= 0.3 is 11.9 Å². The molecule has 0 bridgehead atoms. The molecule has 0 aromatic heterocycles. The topological polar surface area (TPSA) is 101 Å². The highest BCUT2D eigenvalue weighted by Crippen LogP contribution is 2.19. The SMILES string of the molecule is COC(=O)c1cc(N=[N+]=[N-])cc(C(=O)OC)c1. The Labute approximate surface area is 96.6 Å². The van der Waals surface area contributed by atoms with Crippen LogP contribution in [0.2, 0.25) is 0 Å². The minimum absolute atomic E-state index is 0.109. The Morgan fingerprint density at radius 3 is 1.94 bits per heavy atom. The normalized spacial score (nSPS) is 9.06. The highest BCUT2D eigenvalue weighted by Gasteiger charge is 2.12. The summed E-state index contributed by atoms with van der Waals surface area (Å²) >= 11 is 0. The van der Waals surface area contributed by atoms with Gasteiger partial charge in [0.15, 0.2) is 0 Å². The van der Waals surface area contributed by atoms with Crippen molar-refractivity contribution in [2.24, 2.45) is 5.11 Å². The van der Waals surface area contributed by atoms with Gasteiger partial charge in [-0.25, -0.2) is 9.59 Å². The van der Waals surface area contributed by atoms with Crippen LogP contribution < -0.4 is 0 Å². The number of hydrogen-bond donors (Lipinski definition) is 0. The number of ether oxygens (including phenoxy) is 2. The maximum atomic E-state index is 11.3. The van der Waals surface area contributed by atoms with Gasteiger partial charge in [0.1, 0.15) is 0 Å². The lowest BCUT2D eigenvalue weighted by Gasteiger charge is -2.04. The van der Waals surface area contributed by atoms with Crippen LogP contribution >= 0.6 is 0 Å². The summed E-state index contributed by atoms with van der Waals surface area (Å²) in [4.78, 5) is 25.2. The molecule has 1 aromatic carbocycles. The van der Waals surface area contributed by atoms with Crippen molar-refractivity contribution >= 4 is 17.6 Å². The average Bonchev–Trinajstić information content (AvgIpc) is 2.36. The van der Waals surface area contributed by atoms with E-state index < -0.39 is 11.9 Å². The largest absolute Gasteiger partial charge is 0.465 e. The van der Waals surface area contributed by atoms with Gasteiger partial charge in [-0.15, -0.1) is 0 Å². The number of hydrogen-bond acceptors (Lipinski definition) is 5. The van der Waals surface area contributed by atoms with E-state index in [9.17, 15) is 9.59 Å². The third-order valence-electron chi connectivity index (χ3n) is 1.92. The summed E-state index contributed by atoms with van der Waals surface area (Å²) < 4.78 is 9.02. The Hall–Kier alpha value is -2.53. The van der Waals surface area contributed by atoms with Gasteiger partial charge in [0, 0.05) is 10.6 Å². The van der Waals surface area contributed by atoms with Crippen LogP contribution in [0.25, 0.3) is 10.4 Å². The van der Waals surface area contributed by atoms with E-state index in [2.05, 4.69) is 19.5 Å². The summed E-state index contributed by atoms with van der Waals surface area (Å²) in [6.45, 7) is 0. The van der Waals surface area contributed by atoms with E-state index in [0.29, 0.717) is 0 Å². The van der Waals surface area contributed by atoms with E-state index in [4.69, 9.17) is 5.53 Å². The lowest BCUT2D eigenvalue weighted by Crippen LogP contribution is -2.06. The van der Waals surface area contributed by atoms with E-state index in [1.54, 1.807) is 0 Å². The van der Waals surface area contributed by atoms with E-state index in [1.165, 1.54) is 32.4 Å². The molecule has 0 aliphatic heterocycles. The van der Waals surface area contributed by atoms with Crippen molar-refractivity contribution in [2.45, 2.75) is 0 Å². The van der Waals surface area contributed by atoms with E-state index >= 15 is 0 Å². The molecule has 0 aliphatic rings. The van der Waals surface area contributed by atoms with Crippen LogP contribution in [-0.4, -0.2) is 26.2 Å².